The second-order valence-electron chi connectivity index (χ2n) is 6.50. The Morgan fingerprint density at radius 1 is 0.739 bits per heavy atom. The standard InChI is InChI=1S/C19H20.2C2H6/c1-19(2)16-10-6-5-9-15(16)18-14-8-4-3-7-13(14)11-12-17(18)19;2*1-2/h5-6,9-12H,3-4,7-8H2,1-2H3;2*1-2H3. The number of rotatable bonds is 0. The fraction of sp³-hybridized carbons (Fsp3) is 0.478. The zero-order chi connectivity index (χ0) is 17.0. The molecule has 23 heavy (non-hydrogen) atoms. The van der Waals surface area contributed by atoms with E-state index in [2.05, 4.69) is 50.2 Å². The Balaban J connectivity index is 0.000000448. The topological polar surface area (TPSA) is 0 Å². The van der Waals surface area contributed by atoms with Crippen LogP contribution in [0.25, 0.3) is 11.1 Å². The van der Waals surface area contributed by atoms with Gasteiger partial charge in [-0.2, -0.15) is 0 Å². The molecule has 0 radical (unpaired) electrons. The number of aryl methyl sites for hydroxylation is 1. The highest BCUT2D eigenvalue weighted by atomic mass is 14.4. The van der Waals surface area contributed by atoms with E-state index in [1.54, 1.807) is 16.7 Å². The summed E-state index contributed by atoms with van der Waals surface area (Å²) >= 11 is 0. The van der Waals surface area contributed by atoms with Gasteiger partial charge < -0.3 is 0 Å². The molecular weight excluding hydrogens is 276 g/mol. The van der Waals surface area contributed by atoms with Crippen LogP contribution in [0.5, 0.6) is 0 Å². The summed E-state index contributed by atoms with van der Waals surface area (Å²) in [5, 5.41) is 0. The summed E-state index contributed by atoms with van der Waals surface area (Å²) in [6, 6.07) is 13.8. The molecule has 0 heterocycles. The minimum Gasteiger partial charge on any atom is -0.0683 e. The summed E-state index contributed by atoms with van der Waals surface area (Å²) in [6.45, 7) is 12.7. The average molecular weight is 309 g/mol. The van der Waals surface area contributed by atoms with Crippen LogP contribution in [0.4, 0.5) is 0 Å². The highest BCUT2D eigenvalue weighted by molar-refractivity contribution is 5.84. The molecule has 0 amide bonds. The largest absolute Gasteiger partial charge is 0.0683 e. The second kappa shape index (κ2) is 7.34. The van der Waals surface area contributed by atoms with E-state index in [0.29, 0.717) is 0 Å². The molecular formula is C23H32. The van der Waals surface area contributed by atoms with Crippen molar-refractivity contribution in [2.45, 2.75) is 72.6 Å². The van der Waals surface area contributed by atoms with E-state index < -0.39 is 0 Å². The highest BCUT2D eigenvalue weighted by Gasteiger charge is 2.37. The van der Waals surface area contributed by atoms with Crippen LogP contribution in [0.15, 0.2) is 36.4 Å². The van der Waals surface area contributed by atoms with Crippen LogP contribution < -0.4 is 0 Å². The third-order valence-corrected chi connectivity index (χ3v) is 5.08. The zero-order valence-corrected chi connectivity index (χ0v) is 15.8. The first kappa shape index (κ1) is 17.8. The molecule has 0 aliphatic heterocycles. The molecule has 0 nitrogen and oxygen atoms in total. The van der Waals surface area contributed by atoms with Gasteiger partial charge in [-0.05, 0) is 59.1 Å². The van der Waals surface area contributed by atoms with Crippen molar-refractivity contribution in [2.24, 2.45) is 0 Å². The lowest BCUT2D eigenvalue weighted by Gasteiger charge is -2.24. The Bertz CT molecular complexity index is 662. The minimum absolute atomic E-state index is 0.165. The van der Waals surface area contributed by atoms with Gasteiger partial charge in [-0.15, -0.1) is 0 Å². The summed E-state index contributed by atoms with van der Waals surface area (Å²) in [5.41, 5.74) is 9.50. The Morgan fingerprint density at radius 3 is 2.13 bits per heavy atom. The predicted molar refractivity (Wildman–Crippen MR) is 103 cm³/mol. The Labute approximate surface area is 143 Å². The van der Waals surface area contributed by atoms with Crippen molar-refractivity contribution < 1.29 is 0 Å². The molecule has 2 aliphatic carbocycles. The Kier molecular flexibility index (Phi) is 5.68. The van der Waals surface area contributed by atoms with Gasteiger partial charge in [-0.1, -0.05) is 77.9 Å². The molecule has 0 unspecified atom stereocenters. The lowest BCUT2D eigenvalue weighted by molar-refractivity contribution is 0.653. The number of hydrogen-bond donors (Lipinski definition) is 0. The zero-order valence-electron chi connectivity index (χ0n) is 15.8. The summed E-state index contributed by atoms with van der Waals surface area (Å²) in [4.78, 5) is 0. The van der Waals surface area contributed by atoms with Gasteiger partial charge in [0.15, 0.2) is 0 Å². The SMILES string of the molecule is CC.CC.CC1(C)c2ccccc2-c2c1ccc1c2CCCC1. The van der Waals surface area contributed by atoms with Crippen LogP contribution in [0, 0.1) is 0 Å². The van der Waals surface area contributed by atoms with E-state index in [-0.39, 0.29) is 5.41 Å². The number of hydrogen-bond acceptors (Lipinski definition) is 0. The molecule has 0 bridgehead atoms. The van der Waals surface area contributed by atoms with Crippen LogP contribution >= 0.6 is 0 Å². The number of benzene rings is 2. The molecule has 0 spiro atoms. The Hall–Kier alpha value is -1.56. The molecule has 0 fully saturated rings. The van der Waals surface area contributed by atoms with E-state index in [9.17, 15) is 0 Å². The maximum Gasteiger partial charge on any atom is 0.0158 e. The van der Waals surface area contributed by atoms with Crippen LogP contribution in [-0.2, 0) is 18.3 Å². The molecule has 0 heteroatoms. The maximum absolute atomic E-state index is 2.39. The minimum atomic E-state index is 0.165. The van der Waals surface area contributed by atoms with Gasteiger partial charge in [0.25, 0.3) is 0 Å². The molecule has 0 saturated carbocycles. The summed E-state index contributed by atoms with van der Waals surface area (Å²) in [7, 11) is 0. The fourth-order valence-electron chi connectivity index (χ4n) is 4.05. The van der Waals surface area contributed by atoms with Crippen LogP contribution in [0.2, 0.25) is 0 Å². The quantitative estimate of drug-likeness (QED) is 0.495. The van der Waals surface area contributed by atoms with E-state index in [1.807, 2.05) is 27.7 Å². The molecule has 0 atom stereocenters. The Morgan fingerprint density at radius 2 is 1.39 bits per heavy atom. The molecule has 2 aromatic rings. The van der Waals surface area contributed by atoms with Gasteiger partial charge in [-0.25, -0.2) is 0 Å². The van der Waals surface area contributed by atoms with Crippen molar-refractivity contribution in [3.05, 3.63) is 58.7 Å². The molecule has 124 valence electrons. The number of fused-ring (bicyclic) bond motifs is 5. The second-order valence-corrected chi connectivity index (χ2v) is 6.50. The van der Waals surface area contributed by atoms with Crippen LogP contribution in [0.1, 0.15) is 76.6 Å². The van der Waals surface area contributed by atoms with Crippen molar-refractivity contribution in [2.75, 3.05) is 0 Å². The van der Waals surface area contributed by atoms with E-state index >= 15 is 0 Å². The smallest absolute Gasteiger partial charge is 0.0158 e. The van der Waals surface area contributed by atoms with E-state index in [0.717, 1.165) is 0 Å². The predicted octanol–water partition coefficient (Wildman–Crippen LogP) is 6.92. The molecule has 0 aromatic heterocycles. The van der Waals surface area contributed by atoms with Crippen molar-refractivity contribution in [3.8, 4) is 11.1 Å². The van der Waals surface area contributed by atoms with Crippen molar-refractivity contribution in [3.63, 3.8) is 0 Å². The monoisotopic (exact) mass is 308 g/mol. The first-order valence-electron chi connectivity index (χ1n) is 9.45. The summed E-state index contributed by atoms with van der Waals surface area (Å²) in [6.07, 6.45) is 5.25. The van der Waals surface area contributed by atoms with E-state index in [4.69, 9.17) is 0 Å². The van der Waals surface area contributed by atoms with Gasteiger partial charge in [-0.3, -0.25) is 0 Å². The third kappa shape index (κ3) is 2.84. The van der Waals surface area contributed by atoms with Crippen molar-refractivity contribution in [1.29, 1.82) is 0 Å². The molecule has 0 N–H and O–H groups in total. The van der Waals surface area contributed by atoms with Crippen LogP contribution in [0.3, 0.4) is 0 Å². The fourth-order valence-corrected chi connectivity index (χ4v) is 4.05. The van der Waals surface area contributed by atoms with Gasteiger partial charge >= 0.3 is 0 Å². The molecule has 2 aliphatic rings. The van der Waals surface area contributed by atoms with Gasteiger partial charge in [0.05, 0.1) is 0 Å². The van der Waals surface area contributed by atoms with Crippen LogP contribution in [-0.4, -0.2) is 0 Å². The lowest BCUT2D eigenvalue weighted by Crippen LogP contribution is -2.15. The first-order chi connectivity index (χ1) is 11.2. The summed E-state index contributed by atoms with van der Waals surface area (Å²) in [5.74, 6) is 0. The van der Waals surface area contributed by atoms with E-state index in [1.165, 1.54) is 42.4 Å². The van der Waals surface area contributed by atoms with Crippen molar-refractivity contribution in [1.82, 2.24) is 0 Å². The maximum atomic E-state index is 2.39. The molecule has 0 saturated heterocycles. The third-order valence-electron chi connectivity index (χ3n) is 5.08. The normalized spacial score (nSPS) is 15.9. The molecule has 2 aromatic carbocycles. The van der Waals surface area contributed by atoms with Gasteiger partial charge in [0.2, 0.25) is 0 Å². The van der Waals surface area contributed by atoms with Gasteiger partial charge in [0.1, 0.15) is 0 Å². The highest BCUT2D eigenvalue weighted by Crippen LogP contribution is 2.51. The molecule has 4 rings (SSSR count). The lowest BCUT2D eigenvalue weighted by atomic mass is 9.80. The summed E-state index contributed by atoms with van der Waals surface area (Å²) < 4.78 is 0. The van der Waals surface area contributed by atoms with Crippen molar-refractivity contribution >= 4 is 0 Å². The first-order valence-corrected chi connectivity index (χ1v) is 9.45. The van der Waals surface area contributed by atoms with Gasteiger partial charge in [0, 0.05) is 5.41 Å². The average Bonchev–Trinajstić information content (AvgIpc) is 2.87.